The number of urea groups is 1. The zero-order chi connectivity index (χ0) is 12.0. The largest absolute Gasteiger partial charge is 0.328 e. The van der Waals surface area contributed by atoms with Gasteiger partial charge in [-0.25, -0.2) is 4.79 Å². The Morgan fingerprint density at radius 3 is 2.25 bits per heavy atom. The van der Waals surface area contributed by atoms with E-state index < -0.39 is 23.8 Å². The van der Waals surface area contributed by atoms with Crippen molar-refractivity contribution < 1.29 is 14.4 Å². The van der Waals surface area contributed by atoms with Crippen LogP contribution in [0, 0.1) is 5.92 Å². The third-order valence-corrected chi connectivity index (χ3v) is 2.51. The molecule has 1 fully saturated rings. The van der Waals surface area contributed by atoms with Crippen LogP contribution in [0.1, 0.15) is 32.1 Å². The van der Waals surface area contributed by atoms with Crippen LogP contribution in [-0.4, -0.2) is 17.8 Å². The fraction of sp³-hybridized carbons (Fsp3) is 0.545. The molecule has 2 N–H and O–H groups in total. The summed E-state index contributed by atoms with van der Waals surface area (Å²) < 4.78 is 0. The van der Waals surface area contributed by atoms with Crippen molar-refractivity contribution in [3.8, 4) is 0 Å². The maximum Gasteiger partial charge on any atom is 0.328 e. The number of carbonyl (C=O) groups is 3. The first-order chi connectivity index (χ1) is 7.65. The average molecular weight is 224 g/mol. The van der Waals surface area contributed by atoms with Crippen molar-refractivity contribution in [1.82, 2.24) is 10.6 Å². The summed E-state index contributed by atoms with van der Waals surface area (Å²) in [6, 6.07) is -0.724. The van der Waals surface area contributed by atoms with E-state index in [0.717, 1.165) is 25.7 Å². The van der Waals surface area contributed by atoms with Crippen molar-refractivity contribution in [2.24, 2.45) is 5.92 Å². The van der Waals surface area contributed by atoms with Gasteiger partial charge in [0.2, 0.25) is 11.8 Å². The van der Waals surface area contributed by atoms with Gasteiger partial charge in [0.25, 0.3) is 0 Å². The number of amides is 4. The van der Waals surface area contributed by atoms with Crippen LogP contribution in [-0.2, 0) is 9.59 Å². The molecule has 0 aromatic rings. The van der Waals surface area contributed by atoms with Gasteiger partial charge in [-0.15, -0.1) is 6.58 Å². The summed E-state index contributed by atoms with van der Waals surface area (Å²) in [7, 11) is 0. The van der Waals surface area contributed by atoms with E-state index in [4.69, 9.17) is 0 Å². The molecular formula is C11H16N2O3. The first-order valence-electron chi connectivity index (χ1n) is 5.41. The molecule has 1 aliphatic heterocycles. The number of hydrogen-bond acceptors (Lipinski definition) is 3. The van der Waals surface area contributed by atoms with E-state index in [0.29, 0.717) is 6.42 Å². The molecule has 0 atom stereocenters. The third kappa shape index (κ3) is 3.49. The number of carbonyl (C=O) groups excluding carboxylic acids is 3. The average Bonchev–Trinajstić information content (AvgIpc) is 2.20. The summed E-state index contributed by atoms with van der Waals surface area (Å²) in [6.45, 7) is 3.61. The maximum atomic E-state index is 11.3. The minimum Gasteiger partial charge on any atom is -0.277 e. The quantitative estimate of drug-likeness (QED) is 0.403. The van der Waals surface area contributed by atoms with Gasteiger partial charge in [0, 0.05) is 0 Å². The lowest BCUT2D eigenvalue weighted by Gasteiger charge is -2.20. The summed E-state index contributed by atoms with van der Waals surface area (Å²) in [5.74, 6) is -1.70. The molecule has 0 spiro atoms. The highest BCUT2D eigenvalue weighted by molar-refractivity contribution is 6.16. The van der Waals surface area contributed by atoms with Crippen LogP contribution >= 0.6 is 0 Å². The van der Waals surface area contributed by atoms with Crippen molar-refractivity contribution in [3.63, 3.8) is 0 Å². The SMILES string of the molecule is C=CCCCCCC1C(=O)NC(=O)NC1=O. The summed E-state index contributed by atoms with van der Waals surface area (Å²) in [5, 5.41) is 4.17. The van der Waals surface area contributed by atoms with Crippen molar-refractivity contribution >= 4 is 17.8 Å². The molecule has 5 nitrogen and oxygen atoms in total. The molecule has 0 aliphatic carbocycles. The van der Waals surface area contributed by atoms with Gasteiger partial charge in [0.05, 0.1) is 0 Å². The zero-order valence-corrected chi connectivity index (χ0v) is 9.12. The van der Waals surface area contributed by atoms with Gasteiger partial charge in [0.15, 0.2) is 0 Å². The molecule has 0 saturated carbocycles. The Labute approximate surface area is 94.3 Å². The molecule has 4 amide bonds. The van der Waals surface area contributed by atoms with E-state index in [1.54, 1.807) is 0 Å². The Morgan fingerprint density at radius 1 is 1.06 bits per heavy atom. The van der Waals surface area contributed by atoms with Crippen LogP contribution in [0.4, 0.5) is 4.79 Å². The van der Waals surface area contributed by atoms with E-state index >= 15 is 0 Å². The minimum absolute atomic E-state index is 0.488. The summed E-state index contributed by atoms with van der Waals surface area (Å²) >= 11 is 0. The molecule has 16 heavy (non-hydrogen) atoms. The highest BCUT2D eigenvalue weighted by Crippen LogP contribution is 2.13. The Hall–Kier alpha value is -1.65. The normalized spacial score (nSPS) is 16.9. The van der Waals surface area contributed by atoms with Crippen LogP contribution in [0.2, 0.25) is 0 Å². The van der Waals surface area contributed by atoms with Gasteiger partial charge in [-0.1, -0.05) is 18.9 Å². The van der Waals surface area contributed by atoms with Crippen LogP contribution in [0.3, 0.4) is 0 Å². The second-order valence-corrected chi connectivity index (χ2v) is 3.79. The molecule has 0 radical (unpaired) electrons. The number of barbiturate groups is 1. The van der Waals surface area contributed by atoms with Gasteiger partial charge >= 0.3 is 6.03 Å². The summed E-state index contributed by atoms with van der Waals surface area (Å²) in [5.41, 5.74) is 0. The lowest BCUT2D eigenvalue weighted by atomic mass is 9.98. The van der Waals surface area contributed by atoms with Gasteiger partial charge in [0.1, 0.15) is 5.92 Å². The van der Waals surface area contributed by atoms with Crippen LogP contribution in [0.15, 0.2) is 12.7 Å². The molecule has 88 valence electrons. The van der Waals surface area contributed by atoms with Gasteiger partial charge in [-0.3, -0.25) is 20.2 Å². The molecule has 1 rings (SSSR count). The fourth-order valence-corrected chi connectivity index (χ4v) is 1.62. The third-order valence-electron chi connectivity index (χ3n) is 2.51. The second kappa shape index (κ2) is 6.05. The number of unbranched alkanes of at least 4 members (excludes halogenated alkanes) is 3. The molecule has 5 heteroatoms. The topological polar surface area (TPSA) is 75.3 Å². The smallest absolute Gasteiger partial charge is 0.277 e. The molecule has 1 heterocycles. The van der Waals surface area contributed by atoms with E-state index in [9.17, 15) is 14.4 Å². The van der Waals surface area contributed by atoms with Crippen LogP contribution in [0.5, 0.6) is 0 Å². The van der Waals surface area contributed by atoms with E-state index in [1.807, 2.05) is 6.08 Å². The standard InChI is InChI=1S/C11H16N2O3/c1-2-3-4-5-6-7-8-9(14)12-11(16)13-10(8)15/h2,8H,1,3-7H2,(H2,12,13,14,15,16). The number of allylic oxidation sites excluding steroid dienone is 1. The predicted molar refractivity (Wildman–Crippen MR) is 58.5 cm³/mol. The van der Waals surface area contributed by atoms with Crippen molar-refractivity contribution in [3.05, 3.63) is 12.7 Å². The Morgan fingerprint density at radius 2 is 1.69 bits per heavy atom. The molecule has 0 aromatic carbocycles. The Balaban J connectivity index is 2.30. The van der Waals surface area contributed by atoms with Crippen molar-refractivity contribution in [2.45, 2.75) is 32.1 Å². The lowest BCUT2D eigenvalue weighted by Crippen LogP contribution is -2.55. The first kappa shape index (κ1) is 12.4. The Bertz CT molecular complexity index is 292. The van der Waals surface area contributed by atoms with E-state index in [2.05, 4.69) is 17.2 Å². The zero-order valence-electron chi connectivity index (χ0n) is 9.12. The first-order valence-corrected chi connectivity index (χ1v) is 5.41. The highest BCUT2D eigenvalue weighted by atomic mass is 16.2. The van der Waals surface area contributed by atoms with Crippen molar-refractivity contribution in [2.75, 3.05) is 0 Å². The van der Waals surface area contributed by atoms with Crippen LogP contribution in [0.25, 0.3) is 0 Å². The second-order valence-electron chi connectivity index (χ2n) is 3.79. The van der Waals surface area contributed by atoms with Crippen molar-refractivity contribution in [1.29, 1.82) is 0 Å². The number of nitrogens with one attached hydrogen (secondary N) is 2. The number of imide groups is 2. The van der Waals surface area contributed by atoms with E-state index in [-0.39, 0.29) is 0 Å². The maximum absolute atomic E-state index is 11.3. The van der Waals surface area contributed by atoms with E-state index in [1.165, 1.54) is 0 Å². The summed E-state index contributed by atoms with van der Waals surface area (Å²) in [6.07, 6.45) is 6.05. The monoisotopic (exact) mass is 224 g/mol. The van der Waals surface area contributed by atoms with Gasteiger partial charge in [-0.05, 0) is 19.3 Å². The molecule has 1 aliphatic rings. The minimum atomic E-state index is -0.724. The van der Waals surface area contributed by atoms with Crippen LogP contribution < -0.4 is 10.6 Å². The molecule has 0 unspecified atom stereocenters. The molecule has 0 aromatic heterocycles. The molecule has 0 bridgehead atoms. The van der Waals surface area contributed by atoms with Gasteiger partial charge < -0.3 is 0 Å². The highest BCUT2D eigenvalue weighted by Gasteiger charge is 2.33. The van der Waals surface area contributed by atoms with Gasteiger partial charge in [-0.2, -0.15) is 0 Å². The molecular weight excluding hydrogens is 208 g/mol. The fourth-order valence-electron chi connectivity index (χ4n) is 1.62. The molecule has 1 saturated heterocycles. The summed E-state index contributed by atoms with van der Waals surface area (Å²) in [4.78, 5) is 33.4. The number of rotatable bonds is 6. The number of hydrogen-bond donors (Lipinski definition) is 2. The Kier molecular flexibility index (Phi) is 4.69. The predicted octanol–water partition coefficient (Wildman–Crippen LogP) is 1.11. The lowest BCUT2D eigenvalue weighted by molar-refractivity contribution is -0.136.